The molecule has 0 unspecified atom stereocenters. The molecule has 1 aliphatic carbocycles. The van der Waals surface area contributed by atoms with Gasteiger partial charge < -0.3 is 35.7 Å². The van der Waals surface area contributed by atoms with Gasteiger partial charge in [0, 0.05) is 37.8 Å². The number of aliphatic hydroxyl groups excluding tert-OH is 1. The number of imidazole rings is 1. The second-order valence-corrected chi connectivity index (χ2v) is 13.7. The first kappa shape index (κ1) is 35.4. The molecule has 4 amide bonds. The zero-order valence-corrected chi connectivity index (χ0v) is 27.8. The van der Waals surface area contributed by atoms with Crippen LogP contribution < -0.4 is 16.0 Å². The molecule has 4 rings (SSSR count). The first-order valence-corrected chi connectivity index (χ1v) is 17.1. The lowest BCUT2D eigenvalue weighted by atomic mass is 9.82. The van der Waals surface area contributed by atoms with Crippen molar-refractivity contribution in [3.8, 4) is 0 Å². The van der Waals surface area contributed by atoms with Gasteiger partial charge in [0.25, 0.3) is 0 Å². The zero-order valence-electron chi connectivity index (χ0n) is 27.8. The number of nitrogens with zero attached hydrogens (tertiary/aromatic N) is 2. The second kappa shape index (κ2) is 17.5. The molecule has 11 heteroatoms. The Balaban J connectivity index is 1.56. The van der Waals surface area contributed by atoms with Crippen LogP contribution in [0.1, 0.15) is 83.4 Å². The van der Waals surface area contributed by atoms with Gasteiger partial charge in [-0.1, -0.05) is 76.3 Å². The number of carbonyl (C=O) groups is 3. The normalized spacial score (nSPS) is 19.1. The van der Waals surface area contributed by atoms with Gasteiger partial charge in [-0.3, -0.25) is 9.59 Å². The average molecular weight is 639 g/mol. The number of aliphatic hydroxyl groups is 1. The first-order valence-electron chi connectivity index (χ1n) is 17.1. The summed E-state index contributed by atoms with van der Waals surface area (Å²) in [7, 11) is 0. The number of hydrogen-bond donors (Lipinski definition) is 5. The smallest absolute Gasteiger partial charge is 0.318 e. The molecule has 4 atom stereocenters. The minimum absolute atomic E-state index is 0.151. The molecule has 1 aromatic carbocycles. The van der Waals surface area contributed by atoms with Crippen molar-refractivity contribution in [1.29, 1.82) is 0 Å². The Morgan fingerprint density at radius 1 is 1.07 bits per heavy atom. The van der Waals surface area contributed by atoms with E-state index >= 15 is 0 Å². The third-order valence-corrected chi connectivity index (χ3v) is 9.33. The maximum Gasteiger partial charge on any atom is 0.318 e. The van der Waals surface area contributed by atoms with Crippen LogP contribution in [0.25, 0.3) is 0 Å². The molecule has 46 heavy (non-hydrogen) atoms. The van der Waals surface area contributed by atoms with E-state index in [1.54, 1.807) is 18.0 Å². The topological polar surface area (TPSA) is 149 Å². The molecule has 0 spiro atoms. The molecule has 1 aliphatic heterocycles. The molecule has 0 radical (unpaired) electrons. The van der Waals surface area contributed by atoms with E-state index in [1.165, 1.54) is 25.6 Å². The quantitative estimate of drug-likeness (QED) is 0.201. The predicted octanol–water partition coefficient (Wildman–Crippen LogP) is 3.73. The van der Waals surface area contributed by atoms with Crippen molar-refractivity contribution >= 4 is 17.8 Å². The maximum absolute atomic E-state index is 14.3. The summed E-state index contributed by atoms with van der Waals surface area (Å²) in [5.74, 6) is 0.0244. The lowest BCUT2D eigenvalue weighted by molar-refractivity contribution is -0.135. The minimum Gasteiger partial charge on any atom is -0.391 e. The summed E-state index contributed by atoms with van der Waals surface area (Å²) in [5, 5.41) is 20.5. The summed E-state index contributed by atoms with van der Waals surface area (Å²) in [6, 6.07) is 7.78. The SMILES string of the molecule is CC(C)CC[C@H](O)[C@H](CC1CCCCC1)NC(=O)[C@](C)(Cc1cnc[nH]1)NC(=O)[C@H](Cc1ccccc1)NC(=O)N1CCOCC1. The number of morpholine rings is 1. The van der Waals surface area contributed by atoms with Crippen LogP contribution in [0, 0.1) is 11.8 Å². The van der Waals surface area contributed by atoms with Gasteiger partial charge in [0.1, 0.15) is 11.6 Å². The average Bonchev–Trinajstić information content (AvgIpc) is 3.57. The number of aromatic nitrogens is 2. The highest BCUT2D eigenvalue weighted by Gasteiger charge is 2.40. The van der Waals surface area contributed by atoms with Gasteiger partial charge in [0.05, 0.1) is 31.7 Å². The fraction of sp³-hybridized carbons (Fsp3) is 0.657. The Labute approximate surface area is 273 Å². The number of ether oxygens (including phenoxy) is 1. The monoisotopic (exact) mass is 638 g/mol. The molecule has 5 N–H and O–H groups in total. The van der Waals surface area contributed by atoms with Crippen molar-refractivity contribution in [2.24, 2.45) is 11.8 Å². The van der Waals surface area contributed by atoms with Gasteiger partial charge in [-0.2, -0.15) is 0 Å². The van der Waals surface area contributed by atoms with Crippen LogP contribution in [-0.4, -0.2) is 87.8 Å². The van der Waals surface area contributed by atoms with Crippen LogP contribution in [0.15, 0.2) is 42.9 Å². The van der Waals surface area contributed by atoms with Gasteiger partial charge in [-0.15, -0.1) is 0 Å². The van der Waals surface area contributed by atoms with Crippen molar-refractivity contribution in [1.82, 2.24) is 30.8 Å². The van der Waals surface area contributed by atoms with Gasteiger partial charge >= 0.3 is 6.03 Å². The highest BCUT2D eigenvalue weighted by Crippen LogP contribution is 2.29. The molecule has 2 fully saturated rings. The Hall–Kier alpha value is -3.44. The van der Waals surface area contributed by atoms with Crippen LogP contribution in [0.3, 0.4) is 0 Å². The third-order valence-electron chi connectivity index (χ3n) is 9.33. The van der Waals surface area contributed by atoms with Gasteiger partial charge in [-0.05, 0) is 43.6 Å². The minimum atomic E-state index is -1.40. The van der Waals surface area contributed by atoms with E-state index in [0.717, 1.165) is 24.8 Å². The molecule has 11 nitrogen and oxygen atoms in total. The van der Waals surface area contributed by atoms with E-state index in [2.05, 4.69) is 39.8 Å². The number of nitrogens with one attached hydrogen (secondary N) is 4. The van der Waals surface area contributed by atoms with Crippen LogP contribution in [0.2, 0.25) is 0 Å². The fourth-order valence-electron chi connectivity index (χ4n) is 6.50. The van der Waals surface area contributed by atoms with Gasteiger partial charge in [0.15, 0.2) is 0 Å². The lowest BCUT2D eigenvalue weighted by Gasteiger charge is -2.36. The van der Waals surface area contributed by atoms with Crippen molar-refractivity contribution in [2.75, 3.05) is 26.3 Å². The molecule has 1 saturated carbocycles. The maximum atomic E-state index is 14.3. The molecule has 0 bridgehead atoms. The molecule has 2 aromatic rings. The standard InChI is InChI=1S/C35H54N6O5/c1-25(2)14-15-31(42)29(20-26-10-6-4-7-11-26)38-33(44)35(3,22-28-23-36-24-37-28)40-32(43)30(21-27-12-8-5-9-13-27)39-34(45)41-16-18-46-19-17-41/h5,8-9,12-13,23-26,29-31,42H,4,6-7,10-11,14-22H2,1-3H3,(H,36,37)(H,38,44)(H,39,45)(H,40,43)/t29-,30-,31-,35-/m0/s1. The molecule has 2 aliphatic rings. The Bertz CT molecular complexity index is 1210. The number of benzene rings is 1. The summed E-state index contributed by atoms with van der Waals surface area (Å²) >= 11 is 0. The van der Waals surface area contributed by atoms with Gasteiger partial charge in [-0.25, -0.2) is 9.78 Å². The van der Waals surface area contributed by atoms with Crippen molar-refractivity contribution in [3.63, 3.8) is 0 Å². The summed E-state index contributed by atoms with van der Waals surface area (Å²) in [5.41, 5.74) is 0.162. The number of rotatable bonds is 15. The number of carbonyl (C=O) groups excluding carboxylic acids is 3. The number of H-pyrrole nitrogens is 1. The Morgan fingerprint density at radius 3 is 2.43 bits per heavy atom. The summed E-state index contributed by atoms with van der Waals surface area (Å²) < 4.78 is 5.39. The third kappa shape index (κ3) is 10.8. The van der Waals surface area contributed by atoms with Crippen molar-refractivity contribution in [3.05, 3.63) is 54.1 Å². The van der Waals surface area contributed by atoms with Crippen LogP contribution in [0.4, 0.5) is 4.79 Å². The molecule has 254 valence electrons. The molecular formula is C35H54N6O5. The largest absolute Gasteiger partial charge is 0.391 e. The van der Waals surface area contributed by atoms with Crippen LogP contribution >= 0.6 is 0 Å². The number of urea groups is 1. The fourth-order valence-corrected chi connectivity index (χ4v) is 6.50. The van der Waals surface area contributed by atoms with E-state index in [9.17, 15) is 19.5 Å². The molecule has 1 saturated heterocycles. The molecule has 1 aromatic heterocycles. The van der Waals surface area contributed by atoms with Crippen LogP contribution in [-0.2, 0) is 27.2 Å². The number of amides is 4. The lowest BCUT2D eigenvalue weighted by Crippen LogP contribution is -2.64. The van der Waals surface area contributed by atoms with Crippen molar-refractivity contribution < 1.29 is 24.2 Å². The summed E-state index contributed by atoms with van der Waals surface area (Å²) in [4.78, 5) is 50.5. The molecular weight excluding hydrogens is 584 g/mol. The zero-order chi connectivity index (χ0) is 32.9. The Morgan fingerprint density at radius 2 is 1.78 bits per heavy atom. The highest BCUT2D eigenvalue weighted by atomic mass is 16.5. The second-order valence-electron chi connectivity index (χ2n) is 13.7. The first-order chi connectivity index (χ1) is 22.1. The summed E-state index contributed by atoms with van der Waals surface area (Å²) in [6.45, 7) is 7.71. The van der Waals surface area contributed by atoms with E-state index in [4.69, 9.17) is 4.74 Å². The van der Waals surface area contributed by atoms with E-state index in [-0.39, 0.29) is 24.8 Å². The summed E-state index contributed by atoms with van der Waals surface area (Å²) in [6.07, 6.45) is 10.8. The van der Waals surface area contributed by atoms with E-state index in [0.29, 0.717) is 56.7 Å². The highest BCUT2D eigenvalue weighted by molar-refractivity contribution is 5.94. The predicted molar refractivity (Wildman–Crippen MR) is 177 cm³/mol. The van der Waals surface area contributed by atoms with E-state index in [1.807, 2.05) is 30.3 Å². The van der Waals surface area contributed by atoms with Crippen LogP contribution in [0.5, 0.6) is 0 Å². The molecule has 2 heterocycles. The van der Waals surface area contributed by atoms with E-state index < -0.39 is 29.6 Å². The number of hydrogen-bond acceptors (Lipinski definition) is 6. The number of aromatic amines is 1. The Kier molecular flexibility index (Phi) is 13.4. The van der Waals surface area contributed by atoms with Crippen molar-refractivity contribution in [2.45, 2.75) is 109 Å². The van der Waals surface area contributed by atoms with Gasteiger partial charge in [0.2, 0.25) is 11.8 Å².